The number of amides is 1. The van der Waals surface area contributed by atoms with Crippen LogP contribution in [0.5, 0.6) is 0 Å². The quantitative estimate of drug-likeness (QED) is 0.804. The van der Waals surface area contributed by atoms with Crippen molar-refractivity contribution < 1.29 is 4.79 Å². The molecule has 0 atom stereocenters. The summed E-state index contributed by atoms with van der Waals surface area (Å²) in [5.41, 5.74) is 0.675. The molecule has 0 aliphatic rings. The number of nitrogens with zero attached hydrogens (tertiary/aromatic N) is 1. The highest BCUT2D eigenvalue weighted by Gasteiger charge is 2.22. The summed E-state index contributed by atoms with van der Waals surface area (Å²) < 4.78 is 0. The predicted molar refractivity (Wildman–Crippen MR) is 65.4 cm³/mol. The van der Waals surface area contributed by atoms with Crippen LogP contribution >= 0.6 is 11.6 Å². The first-order chi connectivity index (χ1) is 7.56. The molecule has 88 valence electrons. The highest BCUT2D eigenvalue weighted by Crippen LogP contribution is 2.18. The summed E-state index contributed by atoms with van der Waals surface area (Å²) in [5.74, 6) is 0.547. The Kier molecular flexibility index (Phi) is 4.74. The van der Waals surface area contributed by atoms with E-state index in [4.69, 9.17) is 11.6 Å². The second-order valence-corrected chi connectivity index (χ2v) is 4.58. The van der Waals surface area contributed by atoms with Gasteiger partial charge in [0.2, 0.25) is 5.91 Å². The van der Waals surface area contributed by atoms with Crippen LogP contribution in [0.4, 0.5) is 0 Å². The maximum atomic E-state index is 11.6. The van der Waals surface area contributed by atoms with Gasteiger partial charge in [-0.25, -0.2) is 0 Å². The van der Waals surface area contributed by atoms with E-state index in [-0.39, 0.29) is 11.4 Å². The van der Waals surface area contributed by atoms with Crippen molar-refractivity contribution in [1.29, 1.82) is 0 Å². The standard InChI is InChI=1S/C12H17ClN2O/c1-12(2,10-5-8-14-9-6-10)15-11(16)4-3-7-13/h5-6,8-9H,3-4,7H2,1-2H3,(H,15,16). The molecule has 1 amide bonds. The Bertz CT molecular complexity index is 338. The molecule has 0 aliphatic heterocycles. The van der Waals surface area contributed by atoms with E-state index in [0.29, 0.717) is 18.7 Å². The summed E-state index contributed by atoms with van der Waals surface area (Å²) in [6.07, 6.45) is 4.63. The van der Waals surface area contributed by atoms with Gasteiger partial charge in [-0.3, -0.25) is 9.78 Å². The van der Waals surface area contributed by atoms with Crippen molar-refractivity contribution in [2.45, 2.75) is 32.2 Å². The Morgan fingerprint density at radius 2 is 2.06 bits per heavy atom. The molecule has 4 heteroatoms. The lowest BCUT2D eigenvalue weighted by atomic mass is 9.95. The van der Waals surface area contributed by atoms with Gasteiger partial charge in [0.15, 0.2) is 0 Å². The van der Waals surface area contributed by atoms with Gasteiger partial charge in [-0.1, -0.05) is 0 Å². The Labute approximate surface area is 101 Å². The normalized spacial score (nSPS) is 11.2. The summed E-state index contributed by atoms with van der Waals surface area (Å²) in [6, 6.07) is 3.81. The van der Waals surface area contributed by atoms with Gasteiger partial charge in [0, 0.05) is 24.7 Å². The molecule has 16 heavy (non-hydrogen) atoms. The second-order valence-electron chi connectivity index (χ2n) is 4.20. The molecule has 0 fully saturated rings. The van der Waals surface area contributed by atoms with Crippen LogP contribution in [0, 0.1) is 0 Å². The summed E-state index contributed by atoms with van der Waals surface area (Å²) in [4.78, 5) is 15.6. The molecule has 0 saturated carbocycles. The number of hydrogen-bond acceptors (Lipinski definition) is 2. The van der Waals surface area contributed by atoms with Crippen molar-refractivity contribution >= 4 is 17.5 Å². The van der Waals surface area contributed by atoms with Crippen molar-refractivity contribution in [3.05, 3.63) is 30.1 Å². The van der Waals surface area contributed by atoms with Gasteiger partial charge in [0.1, 0.15) is 0 Å². The summed E-state index contributed by atoms with van der Waals surface area (Å²) in [5, 5.41) is 2.98. The van der Waals surface area contributed by atoms with Crippen LogP contribution in [-0.4, -0.2) is 16.8 Å². The minimum atomic E-state index is -0.369. The monoisotopic (exact) mass is 240 g/mol. The van der Waals surface area contributed by atoms with E-state index in [1.165, 1.54) is 0 Å². The molecule has 1 heterocycles. The maximum absolute atomic E-state index is 11.6. The van der Waals surface area contributed by atoms with Crippen LogP contribution in [0.25, 0.3) is 0 Å². The molecule has 0 unspecified atom stereocenters. The average Bonchev–Trinajstić information content (AvgIpc) is 2.27. The van der Waals surface area contributed by atoms with E-state index in [2.05, 4.69) is 10.3 Å². The van der Waals surface area contributed by atoms with Crippen LogP contribution in [-0.2, 0) is 10.3 Å². The van der Waals surface area contributed by atoms with E-state index in [0.717, 1.165) is 5.56 Å². The zero-order valence-electron chi connectivity index (χ0n) is 9.66. The van der Waals surface area contributed by atoms with Gasteiger partial charge in [0.05, 0.1) is 5.54 Å². The minimum Gasteiger partial charge on any atom is -0.347 e. The average molecular weight is 241 g/mol. The Hall–Kier alpha value is -1.09. The van der Waals surface area contributed by atoms with E-state index in [1.807, 2.05) is 26.0 Å². The van der Waals surface area contributed by atoms with Gasteiger partial charge in [-0.05, 0) is 38.0 Å². The zero-order valence-corrected chi connectivity index (χ0v) is 10.4. The number of rotatable bonds is 5. The molecule has 0 spiro atoms. The molecule has 1 aromatic rings. The molecule has 1 rings (SSSR count). The Morgan fingerprint density at radius 1 is 1.44 bits per heavy atom. The minimum absolute atomic E-state index is 0.0301. The molecule has 1 N–H and O–H groups in total. The van der Waals surface area contributed by atoms with E-state index in [9.17, 15) is 4.79 Å². The molecule has 0 bridgehead atoms. The van der Waals surface area contributed by atoms with Crippen molar-refractivity contribution in [3.63, 3.8) is 0 Å². The molecule has 3 nitrogen and oxygen atoms in total. The highest BCUT2D eigenvalue weighted by atomic mass is 35.5. The lowest BCUT2D eigenvalue weighted by molar-refractivity contribution is -0.122. The number of alkyl halides is 1. The highest BCUT2D eigenvalue weighted by molar-refractivity contribution is 6.17. The van der Waals surface area contributed by atoms with Crippen molar-refractivity contribution in [1.82, 2.24) is 10.3 Å². The van der Waals surface area contributed by atoms with Gasteiger partial charge >= 0.3 is 0 Å². The number of aromatic nitrogens is 1. The zero-order chi connectivity index (χ0) is 12.0. The first-order valence-corrected chi connectivity index (χ1v) is 5.87. The largest absolute Gasteiger partial charge is 0.347 e. The number of hydrogen-bond donors (Lipinski definition) is 1. The maximum Gasteiger partial charge on any atom is 0.220 e. The van der Waals surface area contributed by atoms with Crippen LogP contribution in [0.2, 0.25) is 0 Å². The topological polar surface area (TPSA) is 42.0 Å². The third-order valence-electron chi connectivity index (χ3n) is 2.39. The Morgan fingerprint density at radius 3 is 2.62 bits per heavy atom. The summed E-state index contributed by atoms with van der Waals surface area (Å²) >= 11 is 5.55. The van der Waals surface area contributed by atoms with Crippen molar-refractivity contribution in [2.75, 3.05) is 5.88 Å². The molecule has 0 aliphatic carbocycles. The third kappa shape index (κ3) is 3.81. The smallest absolute Gasteiger partial charge is 0.220 e. The van der Waals surface area contributed by atoms with Gasteiger partial charge < -0.3 is 5.32 Å². The number of carbonyl (C=O) groups is 1. The lowest BCUT2D eigenvalue weighted by Gasteiger charge is -2.26. The lowest BCUT2D eigenvalue weighted by Crippen LogP contribution is -2.40. The number of halogens is 1. The molecular formula is C12H17ClN2O. The summed E-state index contributed by atoms with van der Waals surface area (Å²) in [6.45, 7) is 3.95. The molecule has 1 aromatic heterocycles. The van der Waals surface area contributed by atoms with Gasteiger partial charge in [-0.2, -0.15) is 0 Å². The van der Waals surface area contributed by atoms with E-state index in [1.54, 1.807) is 12.4 Å². The van der Waals surface area contributed by atoms with E-state index >= 15 is 0 Å². The third-order valence-corrected chi connectivity index (χ3v) is 2.66. The number of pyridine rings is 1. The van der Waals surface area contributed by atoms with Crippen molar-refractivity contribution in [3.8, 4) is 0 Å². The van der Waals surface area contributed by atoms with Crippen molar-refractivity contribution in [2.24, 2.45) is 0 Å². The fraction of sp³-hybridized carbons (Fsp3) is 0.500. The predicted octanol–water partition coefficient (Wildman–Crippen LogP) is 2.45. The van der Waals surface area contributed by atoms with Crippen LogP contribution < -0.4 is 5.32 Å². The van der Waals surface area contributed by atoms with E-state index < -0.39 is 0 Å². The molecule has 0 saturated heterocycles. The fourth-order valence-corrected chi connectivity index (χ4v) is 1.61. The first kappa shape index (κ1) is 13.0. The molecule has 0 aromatic carbocycles. The van der Waals surface area contributed by atoms with Crippen LogP contribution in [0.15, 0.2) is 24.5 Å². The number of carbonyl (C=O) groups excluding carboxylic acids is 1. The first-order valence-electron chi connectivity index (χ1n) is 5.34. The fourth-order valence-electron chi connectivity index (χ4n) is 1.48. The van der Waals surface area contributed by atoms with Gasteiger partial charge in [0.25, 0.3) is 0 Å². The van der Waals surface area contributed by atoms with Crippen LogP contribution in [0.3, 0.4) is 0 Å². The SMILES string of the molecule is CC(C)(NC(=O)CCCCl)c1ccncc1. The molecular weight excluding hydrogens is 224 g/mol. The number of nitrogens with one attached hydrogen (secondary N) is 1. The second kappa shape index (κ2) is 5.85. The molecule has 0 radical (unpaired) electrons. The van der Waals surface area contributed by atoms with Crippen LogP contribution in [0.1, 0.15) is 32.3 Å². The Balaban J connectivity index is 2.61. The summed E-state index contributed by atoms with van der Waals surface area (Å²) in [7, 11) is 0. The van der Waals surface area contributed by atoms with Gasteiger partial charge in [-0.15, -0.1) is 11.6 Å².